The van der Waals surface area contributed by atoms with Crippen LogP contribution in [-0.2, 0) is 18.7 Å². The summed E-state index contributed by atoms with van der Waals surface area (Å²) >= 11 is 11.1. The van der Waals surface area contributed by atoms with Gasteiger partial charge in [0.05, 0.1) is 0 Å². The van der Waals surface area contributed by atoms with E-state index in [2.05, 4.69) is 152 Å². The van der Waals surface area contributed by atoms with Gasteiger partial charge in [0.1, 0.15) is 0 Å². The first-order chi connectivity index (χ1) is 14.9. The Kier molecular flexibility index (Phi) is 8.30. The van der Waals surface area contributed by atoms with Crippen LogP contribution in [0, 0.1) is 3.89 Å². The summed E-state index contributed by atoms with van der Waals surface area (Å²) in [6.45, 7) is 18.2. The maximum absolute atomic E-state index is 3.75. The van der Waals surface area contributed by atoms with E-state index >= 15 is 0 Å². The van der Waals surface area contributed by atoms with Crippen LogP contribution in [0.25, 0.3) is 11.4 Å². The van der Waals surface area contributed by atoms with Crippen molar-refractivity contribution in [1.29, 1.82) is 0 Å². The molecule has 0 saturated heterocycles. The molecule has 0 saturated carbocycles. The number of aromatic nitrogens is 2. The fourth-order valence-corrected chi connectivity index (χ4v) is 5.85. The van der Waals surface area contributed by atoms with Gasteiger partial charge in [-0.1, -0.05) is 0 Å². The molecule has 0 N–H and O–H groups in total. The van der Waals surface area contributed by atoms with Gasteiger partial charge in [-0.3, -0.25) is 0 Å². The Morgan fingerprint density at radius 2 is 0.812 bits per heavy atom. The quantitative estimate of drug-likeness (QED) is 0.235. The first kappa shape index (κ1) is 25.9. The molecule has 0 unspecified atom stereocenters. The van der Waals surface area contributed by atoms with E-state index < -0.39 is 0 Å². The second-order valence-electron chi connectivity index (χ2n) is 9.76. The van der Waals surface area contributed by atoms with Crippen molar-refractivity contribution in [1.82, 2.24) is 9.13 Å². The predicted octanol–water partition coefficient (Wildman–Crippen LogP) is 9.37. The Morgan fingerprint density at radius 1 is 0.562 bits per heavy atom. The number of hydrogen-bond acceptors (Lipinski definition) is 0. The first-order valence-corrected chi connectivity index (χ1v) is 13.7. The molecule has 0 aliphatic rings. The summed E-state index contributed by atoms with van der Waals surface area (Å²) in [6, 6.07) is 9.08. The summed E-state index contributed by atoms with van der Waals surface area (Å²) in [6.07, 6.45) is 4.41. The van der Waals surface area contributed by atoms with E-state index in [1.54, 1.807) is 0 Å². The van der Waals surface area contributed by atoms with E-state index in [1.165, 1.54) is 33.6 Å². The van der Waals surface area contributed by atoms with E-state index in [0.717, 1.165) is 12.8 Å². The Labute approximate surface area is 220 Å². The van der Waals surface area contributed by atoms with Gasteiger partial charge in [-0.05, 0) is 0 Å². The molecule has 0 bridgehead atoms. The fourth-order valence-electron chi connectivity index (χ4n) is 4.28. The summed E-state index contributed by atoms with van der Waals surface area (Å²) in [5.74, 6) is 1.66. The Hall–Kier alpha value is -0.728. The van der Waals surface area contributed by atoms with Gasteiger partial charge in [0.25, 0.3) is 0 Å². The molecule has 0 aliphatic carbocycles. The molecule has 176 valence electrons. The second kappa shape index (κ2) is 10.3. The Balaban J connectivity index is 2.38. The molecule has 0 atom stereocenters. The van der Waals surface area contributed by atoms with Crippen LogP contribution in [0.5, 0.6) is 0 Å². The fraction of sp³-hybridized carbons (Fsp3) is 0.444. The number of benzene rings is 2. The summed E-state index contributed by atoms with van der Waals surface area (Å²) in [5, 5.41) is 0. The van der Waals surface area contributed by atoms with Crippen LogP contribution in [0.1, 0.15) is 101 Å². The summed E-state index contributed by atoms with van der Waals surface area (Å²) in [7, 11) is 0. The van der Waals surface area contributed by atoms with Crippen molar-refractivity contribution < 1.29 is 18.7 Å². The second-order valence-corrected chi connectivity index (χ2v) is 12.3. The molecule has 32 heavy (non-hydrogen) atoms. The van der Waals surface area contributed by atoms with Crippen molar-refractivity contribution in [3.05, 3.63) is 71.7 Å². The maximum atomic E-state index is 3.75. The SMILES string of the molecule is CC(C)c1cc(Br)cc(C(C)C)c1-n1ccn(-c2c(C(C)C)cc(Br)cc2C(C)C)[c]1=[Pd]. The third-order valence-electron chi connectivity index (χ3n) is 5.97. The number of imidazole rings is 1. The number of rotatable bonds is 6. The van der Waals surface area contributed by atoms with Gasteiger partial charge in [0, 0.05) is 0 Å². The zero-order valence-electron chi connectivity index (χ0n) is 20.2. The summed E-state index contributed by atoms with van der Waals surface area (Å²) < 4.78 is 8.02. The van der Waals surface area contributed by atoms with Crippen LogP contribution < -0.4 is 0 Å². The molecule has 0 radical (unpaired) electrons. The molecule has 3 rings (SSSR count). The van der Waals surface area contributed by atoms with Gasteiger partial charge in [-0.15, -0.1) is 0 Å². The molecule has 0 aliphatic heterocycles. The predicted molar refractivity (Wildman–Crippen MR) is 140 cm³/mol. The van der Waals surface area contributed by atoms with Crippen molar-refractivity contribution in [2.45, 2.75) is 79.1 Å². The zero-order chi connectivity index (χ0) is 23.9. The topological polar surface area (TPSA) is 9.86 Å². The molecule has 0 amide bonds. The van der Waals surface area contributed by atoms with Gasteiger partial charge in [-0.25, -0.2) is 0 Å². The van der Waals surface area contributed by atoms with Crippen molar-refractivity contribution in [2.24, 2.45) is 0 Å². The Bertz CT molecular complexity index is 1030. The van der Waals surface area contributed by atoms with Gasteiger partial charge in [-0.2, -0.15) is 0 Å². The molecular weight excluding hydrogens is 619 g/mol. The third kappa shape index (κ3) is 5.02. The van der Waals surface area contributed by atoms with Crippen molar-refractivity contribution in [3.8, 4) is 11.4 Å². The van der Waals surface area contributed by atoms with E-state index in [0.29, 0.717) is 23.7 Å². The molecule has 1 aromatic heterocycles. The molecule has 0 fully saturated rings. The van der Waals surface area contributed by atoms with E-state index in [-0.39, 0.29) is 0 Å². The van der Waals surface area contributed by atoms with Crippen LogP contribution >= 0.6 is 31.9 Å². The first-order valence-electron chi connectivity index (χ1n) is 11.4. The van der Waals surface area contributed by atoms with Crippen LogP contribution in [-0.4, -0.2) is 9.13 Å². The van der Waals surface area contributed by atoms with Gasteiger partial charge >= 0.3 is 222 Å². The minimum atomic E-state index is 0.414. The molecule has 5 heteroatoms. The minimum absolute atomic E-state index is 0.414. The van der Waals surface area contributed by atoms with Crippen molar-refractivity contribution in [3.63, 3.8) is 0 Å². The monoisotopic (exact) mass is 650 g/mol. The van der Waals surface area contributed by atoms with Crippen LogP contribution in [0.3, 0.4) is 0 Å². The summed E-state index contributed by atoms with van der Waals surface area (Å²) in [4.78, 5) is 0. The molecule has 2 nitrogen and oxygen atoms in total. The average molecular weight is 653 g/mol. The van der Waals surface area contributed by atoms with E-state index in [4.69, 9.17) is 0 Å². The third-order valence-corrected chi connectivity index (χ3v) is 7.63. The summed E-state index contributed by atoms with van der Waals surface area (Å²) in [5.41, 5.74) is 7.97. The molecule has 2 aromatic carbocycles. The number of halogens is 2. The Morgan fingerprint density at radius 3 is 1.03 bits per heavy atom. The van der Waals surface area contributed by atoms with Crippen LogP contribution in [0.15, 0.2) is 45.6 Å². The molecular formula is C27H34Br2N2Pd. The van der Waals surface area contributed by atoms with E-state index in [9.17, 15) is 0 Å². The van der Waals surface area contributed by atoms with Crippen LogP contribution in [0.4, 0.5) is 0 Å². The van der Waals surface area contributed by atoms with Crippen LogP contribution in [0.2, 0.25) is 0 Å². The number of nitrogens with zero attached hydrogens (tertiary/aromatic N) is 2. The van der Waals surface area contributed by atoms with Crippen molar-refractivity contribution in [2.75, 3.05) is 0 Å². The normalized spacial score (nSPS) is 12.1. The van der Waals surface area contributed by atoms with Gasteiger partial charge in [0.2, 0.25) is 0 Å². The molecule has 0 spiro atoms. The standard InChI is InChI=1S/C27H34Br2N2.Pd/c1-16(2)22-11-20(28)12-23(17(3)4)26(22)30-9-10-31(15-30)27-24(18(5)6)13-21(29)14-25(27)19(7)8;/h9-14,16-19H,1-8H3;. The van der Waals surface area contributed by atoms with Crippen molar-refractivity contribution >= 4 is 31.9 Å². The van der Waals surface area contributed by atoms with Gasteiger partial charge in [0.15, 0.2) is 0 Å². The molecule has 1 heterocycles. The van der Waals surface area contributed by atoms with E-state index in [1.807, 2.05) is 0 Å². The van der Waals surface area contributed by atoms with Gasteiger partial charge < -0.3 is 0 Å². The molecule has 3 aromatic rings. The zero-order valence-corrected chi connectivity index (χ0v) is 25.0. The number of hydrogen-bond donors (Lipinski definition) is 0. The average Bonchev–Trinajstić information content (AvgIpc) is 3.07.